The highest BCUT2D eigenvalue weighted by molar-refractivity contribution is 7.10. The average molecular weight is 253 g/mol. The SMILES string of the molecule is CN(C)CCNCCN1CCc2sccc2C1. The lowest BCUT2D eigenvalue weighted by Gasteiger charge is -2.26. The zero-order chi connectivity index (χ0) is 12.1. The minimum absolute atomic E-state index is 1.09. The molecule has 0 aromatic carbocycles. The summed E-state index contributed by atoms with van der Waals surface area (Å²) >= 11 is 1.91. The average Bonchev–Trinajstić information content (AvgIpc) is 2.75. The first-order valence-electron chi connectivity index (χ1n) is 6.39. The zero-order valence-corrected chi connectivity index (χ0v) is 11.7. The Bertz CT molecular complexity index is 335. The van der Waals surface area contributed by atoms with E-state index < -0.39 is 0 Å². The van der Waals surface area contributed by atoms with E-state index in [1.165, 1.54) is 19.5 Å². The molecule has 1 N–H and O–H groups in total. The van der Waals surface area contributed by atoms with Crippen LogP contribution in [-0.2, 0) is 13.0 Å². The Morgan fingerprint density at radius 3 is 3.12 bits per heavy atom. The van der Waals surface area contributed by atoms with E-state index in [0.717, 1.165) is 26.2 Å². The Morgan fingerprint density at radius 2 is 2.29 bits per heavy atom. The van der Waals surface area contributed by atoms with Gasteiger partial charge < -0.3 is 10.2 Å². The quantitative estimate of drug-likeness (QED) is 0.770. The van der Waals surface area contributed by atoms with Crippen molar-refractivity contribution in [3.63, 3.8) is 0 Å². The van der Waals surface area contributed by atoms with Gasteiger partial charge in [0.15, 0.2) is 0 Å². The van der Waals surface area contributed by atoms with Crippen LogP contribution in [0.2, 0.25) is 0 Å². The van der Waals surface area contributed by atoms with Gasteiger partial charge in [-0.15, -0.1) is 11.3 Å². The minimum atomic E-state index is 1.09. The van der Waals surface area contributed by atoms with Crippen molar-refractivity contribution in [2.24, 2.45) is 0 Å². The fraction of sp³-hybridized carbons (Fsp3) is 0.692. The molecule has 3 nitrogen and oxygen atoms in total. The van der Waals surface area contributed by atoms with Crippen LogP contribution in [0.4, 0.5) is 0 Å². The van der Waals surface area contributed by atoms with Gasteiger partial charge in [-0.1, -0.05) is 0 Å². The summed E-state index contributed by atoms with van der Waals surface area (Å²) in [6, 6.07) is 2.28. The molecule has 0 unspecified atom stereocenters. The molecule has 0 fully saturated rings. The van der Waals surface area contributed by atoms with Crippen molar-refractivity contribution < 1.29 is 0 Å². The number of nitrogens with one attached hydrogen (secondary N) is 1. The summed E-state index contributed by atoms with van der Waals surface area (Å²) in [5.41, 5.74) is 1.55. The lowest BCUT2D eigenvalue weighted by molar-refractivity contribution is 0.254. The van der Waals surface area contributed by atoms with Crippen LogP contribution in [0.1, 0.15) is 10.4 Å². The summed E-state index contributed by atoms with van der Waals surface area (Å²) in [5.74, 6) is 0. The van der Waals surface area contributed by atoms with Crippen molar-refractivity contribution in [2.45, 2.75) is 13.0 Å². The molecule has 96 valence electrons. The van der Waals surface area contributed by atoms with Gasteiger partial charge in [0.25, 0.3) is 0 Å². The number of likely N-dealkylation sites (N-methyl/N-ethyl adjacent to an activating group) is 1. The second-order valence-electron chi connectivity index (χ2n) is 4.95. The predicted octanol–water partition coefficient (Wildman–Crippen LogP) is 1.26. The molecule has 0 saturated carbocycles. The molecular formula is C13H23N3S. The lowest BCUT2D eigenvalue weighted by Crippen LogP contribution is -2.37. The van der Waals surface area contributed by atoms with Gasteiger partial charge in [0.05, 0.1) is 0 Å². The van der Waals surface area contributed by atoms with Gasteiger partial charge in [0, 0.05) is 44.1 Å². The van der Waals surface area contributed by atoms with Crippen LogP contribution in [0, 0.1) is 0 Å². The highest BCUT2D eigenvalue weighted by atomic mass is 32.1. The first-order valence-corrected chi connectivity index (χ1v) is 7.27. The third kappa shape index (κ3) is 4.07. The lowest BCUT2D eigenvalue weighted by atomic mass is 10.1. The number of hydrogen-bond acceptors (Lipinski definition) is 4. The second kappa shape index (κ2) is 6.50. The van der Waals surface area contributed by atoms with Gasteiger partial charge in [-0.3, -0.25) is 4.90 Å². The molecule has 0 bridgehead atoms. The summed E-state index contributed by atoms with van der Waals surface area (Å²) in [6.45, 7) is 6.85. The molecular weight excluding hydrogens is 230 g/mol. The third-order valence-corrected chi connectivity index (χ3v) is 4.25. The Kier molecular flexibility index (Phi) is 4.98. The molecule has 1 aromatic heterocycles. The smallest absolute Gasteiger partial charge is 0.0245 e. The molecule has 0 spiro atoms. The highest BCUT2D eigenvalue weighted by Crippen LogP contribution is 2.23. The molecule has 4 heteroatoms. The van der Waals surface area contributed by atoms with E-state index in [2.05, 4.69) is 40.7 Å². The fourth-order valence-corrected chi connectivity index (χ4v) is 3.05. The number of nitrogens with zero attached hydrogens (tertiary/aromatic N) is 2. The highest BCUT2D eigenvalue weighted by Gasteiger charge is 2.16. The normalized spacial score (nSPS) is 16.4. The third-order valence-electron chi connectivity index (χ3n) is 3.23. The topological polar surface area (TPSA) is 18.5 Å². The molecule has 0 aliphatic carbocycles. The Balaban J connectivity index is 1.62. The van der Waals surface area contributed by atoms with Crippen molar-refractivity contribution in [3.8, 4) is 0 Å². The summed E-state index contributed by atoms with van der Waals surface area (Å²) < 4.78 is 0. The first-order chi connectivity index (χ1) is 8.25. The molecule has 1 aliphatic rings. The van der Waals surface area contributed by atoms with E-state index >= 15 is 0 Å². The van der Waals surface area contributed by atoms with Crippen LogP contribution in [0.25, 0.3) is 0 Å². The molecule has 0 atom stereocenters. The molecule has 0 radical (unpaired) electrons. The maximum Gasteiger partial charge on any atom is 0.0245 e. The van der Waals surface area contributed by atoms with Crippen LogP contribution in [0.5, 0.6) is 0 Å². The molecule has 1 aromatic rings. The maximum atomic E-state index is 3.50. The van der Waals surface area contributed by atoms with Crippen molar-refractivity contribution in [1.82, 2.24) is 15.1 Å². The van der Waals surface area contributed by atoms with Gasteiger partial charge in [-0.05, 0) is 37.5 Å². The van der Waals surface area contributed by atoms with Gasteiger partial charge >= 0.3 is 0 Å². The van der Waals surface area contributed by atoms with Crippen LogP contribution in [0.3, 0.4) is 0 Å². The molecule has 1 aliphatic heterocycles. The van der Waals surface area contributed by atoms with Crippen LogP contribution in [-0.4, -0.2) is 56.6 Å². The van der Waals surface area contributed by atoms with E-state index in [4.69, 9.17) is 0 Å². The van der Waals surface area contributed by atoms with Crippen LogP contribution >= 0.6 is 11.3 Å². The van der Waals surface area contributed by atoms with E-state index in [1.807, 2.05) is 11.3 Å². The fourth-order valence-electron chi connectivity index (χ4n) is 2.16. The Hall–Kier alpha value is -0.420. The van der Waals surface area contributed by atoms with Gasteiger partial charge in [0.1, 0.15) is 0 Å². The van der Waals surface area contributed by atoms with E-state index in [9.17, 15) is 0 Å². The van der Waals surface area contributed by atoms with Gasteiger partial charge in [0.2, 0.25) is 0 Å². The minimum Gasteiger partial charge on any atom is -0.314 e. The number of fused-ring (bicyclic) bond motifs is 1. The van der Waals surface area contributed by atoms with Crippen LogP contribution < -0.4 is 5.32 Å². The Labute approximate surface area is 108 Å². The largest absolute Gasteiger partial charge is 0.314 e. The molecule has 0 saturated heterocycles. The second-order valence-corrected chi connectivity index (χ2v) is 5.95. The van der Waals surface area contributed by atoms with E-state index in [1.54, 1.807) is 10.4 Å². The molecule has 0 amide bonds. The number of hydrogen-bond donors (Lipinski definition) is 1. The van der Waals surface area contributed by atoms with Crippen molar-refractivity contribution >= 4 is 11.3 Å². The van der Waals surface area contributed by atoms with Crippen LogP contribution in [0.15, 0.2) is 11.4 Å². The monoisotopic (exact) mass is 253 g/mol. The summed E-state index contributed by atoms with van der Waals surface area (Å²) in [7, 11) is 4.23. The molecule has 2 rings (SSSR count). The first kappa shape index (κ1) is 13.0. The molecule has 2 heterocycles. The van der Waals surface area contributed by atoms with Crippen molar-refractivity contribution in [3.05, 3.63) is 21.9 Å². The molecule has 17 heavy (non-hydrogen) atoms. The summed E-state index contributed by atoms with van der Waals surface area (Å²) in [5, 5.41) is 5.73. The summed E-state index contributed by atoms with van der Waals surface area (Å²) in [6.07, 6.45) is 1.24. The zero-order valence-electron chi connectivity index (χ0n) is 10.9. The maximum absolute atomic E-state index is 3.50. The van der Waals surface area contributed by atoms with E-state index in [0.29, 0.717) is 0 Å². The number of thiophene rings is 1. The van der Waals surface area contributed by atoms with Crippen molar-refractivity contribution in [2.75, 3.05) is 46.8 Å². The van der Waals surface area contributed by atoms with Gasteiger partial charge in [-0.2, -0.15) is 0 Å². The van der Waals surface area contributed by atoms with Gasteiger partial charge in [-0.25, -0.2) is 0 Å². The standard InChI is InChI=1S/C13H23N3S/c1-15(2)8-5-14-6-9-16-7-3-13-12(11-16)4-10-17-13/h4,10,14H,3,5-9,11H2,1-2H3. The Morgan fingerprint density at radius 1 is 1.41 bits per heavy atom. The number of rotatable bonds is 6. The summed E-state index contributed by atoms with van der Waals surface area (Å²) in [4.78, 5) is 6.37. The van der Waals surface area contributed by atoms with E-state index in [-0.39, 0.29) is 0 Å². The predicted molar refractivity (Wildman–Crippen MR) is 74.7 cm³/mol. The van der Waals surface area contributed by atoms with Crippen molar-refractivity contribution in [1.29, 1.82) is 0 Å².